The molecule has 0 bridgehead atoms. The number of carbonyl (C=O) groups is 1. The van der Waals surface area contributed by atoms with Crippen LogP contribution in [0.5, 0.6) is 0 Å². The molecule has 0 saturated heterocycles. The van der Waals surface area contributed by atoms with E-state index in [-0.39, 0.29) is 0 Å². The normalized spacial score (nSPS) is 25.9. The molecule has 0 heterocycles. The molecule has 1 fully saturated rings. The van der Waals surface area contributed by atoms with Crippen molar-refractivity contribution in [3.05, 3.63) is 0 Å². The molecule has 0 aliphatic heterocycles. The summed E-state index contributed by atoms with van der Waals surface area (Å²) in [6.45, 7) is 0. The highest BCUT2D eigenvalue weighted by Crippen LogP contribution is 2.26. The van der Waals surface area contributed by atoms with Gasteiger partial charge in [-0.1, -0.05) is 32.1 Å². The fraction of sp³-hybridized carbons (Fsp3) is 0.889. The Morgan fingerprint density at radius 2 is 2.17 bits per heavy atom. The Labute approximate surface area is 74.4 Å². The van der Waals surface area contributed by atoms with Crippen molar-refractivity contribution in [1.82, 2.24) is 0 Å². The van der Waals surface area contributed by atoms with Crippen molar-refractivity contribution in [3.63, 3.8) is 0 Å². The lowest BCUT2D eigenvalue weighted by Gasteiger charge is -2.22. The van der Waals surface area contributed by atoms with Crippen LogP contribution in [0.3, 0.4) is 0 Å². The van der Waals surface area contributed by atoms with Crippen LogP contribution in [0, 0.1) is 5.89 Å². The molecule has 12 heavy (non-hydrogen) atoms. The number of aliphatic carboxylic acids is 1. The Morgan fingerprint density at radius 3 is 2.67 bits per heavy atom. The topological polar surface area (TPSA) is 63.3 Å². The minimum atomic E-state index is -0.989. The summed E-state index contributed by atoms with van der Waals surface area (Å²) in [5, 5.41) is 8.62. The van der Waals surface area contributed by atoms with Gasteiger partial charge in [0, 0.05) is 1.37 Å². The SMILES string of the molecule is [2H]C1(C[C@H](N)C(=O)O)CCCCC1. The number of carboxylic acids is 1. The third-order valence-electron chi connectivity index (χ3n) is 2.39. The van der Waals surface area contributed by atoms with Crippen molar-refractivity contribution in [2.24, 2.45) is 11.6 Å². The summed E-state index contributed by atoms with van der Waals surface area (Å²) in [7, 11) is 0. The minimum absolute atomic E-state index is 0.294. The molecule has 70 valence electrons. The standard InChI is InChI=1S/C9H17NO2/c10-8(9(11)12)6-7-4-2-1-3-5-7/h7-8H,1-6,10H2,(H,11,12)/t8-/m0/s1/i7D. The van der Waals surface area contributed by atoms with Gasteiger partial charge in [0.05, 0.1) is 0 Å². The van der Waals surface area contributed by atoms with Gasteiger partial charge >= 0.3 is 5.97 Å². The predicted octanol–water partition coefficient (Wildman–Crippen LogP) is 1.37. The highest BCUT2D eigenvalue weighted by atomic mass is 16.4. The van der Waals surface area contributed by atoms with Gasteiger partial charge in [0.2, 0.25) is 0 Å². The number of hydrogen-bond donors (Lipinski definition) is 2. The van der Waals surface area contributed by atoms with Crippen LogP contribution in [0.4, 0.5) is 0 Å². The highest BCUT2D eigenvalue weighted by molar-refractivity contribution is 5.73. The van der Waals surface area contributed by atoms with Crippen molar-refractivity contribution in [3.8, 4) is 0 Å². The molecule has 1 aliphatic carbocycles. The van der Waals surface area contributed by atoms with Gasteiger partial charge < -0.3 is 10.8 Å². The van der Waals surface area contributed by atoms with E-state index < -0.39 is 17.9 Å². The molecular formula is C9H17NO2. The first-order chi connectivity index (χ1) is 6.03. The second-order valence-electron chi connectivity index (χ2n) is 3.46. The molecule has 1 rings (SSSR count). The quantitative estimate of drug-likeness (QED) is 0.675. The van der Waals surface area contributed by atoms with Gasteiger partial charge in [0.1, 0.15) is 6.04 Å². The van der Waals surface area contributed by atoms with Crippen molar-refractivity contribution in [2.75, 3.05) is 0 Å². The van der Waals surface area contributed by atoms with E-state index in [1.165, 1.54) is 6.42 Å². The highest BCUT2D eigenvalue weighted by Gasteiger charge is 2.20. The van der Waals surface area contributed by atoms with Crippen LogP contribution in [0.1, 0.15) is 39.9 Å². The number of hydrogen-bond acceptors (Lipinski definition) is 2. The summed E-state index contributed by atoms with van der Waals surface area (Å²) in [6.07, 6.45) is 5.14. The molecule has 0 spiro atoms. The molecule has 0 aromatic carbocycles. The Hall–Kier alpha value is -0.570. The summed E-state index contributed by atoms with van der Waals surface area (Å²) < 4.78 is 8.00. The lowest BCUT2D eigenvalue weighted by molar-refractivity contribution is -0.139. The molecule has 1 saturated carbocycles. The van der Waals surface area contributed by atoms with Gasteiger partial charge in [-0.2, -0.15) is 0 Å². The fourth-order valence-corrected chi connectivity index (χ4v) is 1.65. The maximum atomic E-state index is 10.5. The van der Waals surface area contributed by atoms with Crippen LogP contribution < -0.4 is 5.73 Å². The van der Waals surface area contributed by atoms with E-state index in [1.807, 2.05) is 0 Å². The van der Waals surface area contributed by atoms with Crippen LogP contribution >= 0.6 is 0 Å². The second kappa shape index (κ2) is 4.45. The minimum Gasteiger partial charge on any atom is -0.480 e. The smallest absolute Gasteiger partial charge is 0.320 e. The molecule has 1 aliphatic rings. The Kier molecular flexibility index (Phi) is 2.99. The van der Waals surface area contributed by atoms with Crippen LogP contribution in [0.2, 0.25) is 0 Å². The first kappa shape index (κ1) is 8.05. The van der Waals surface area contributed by atoms with E-state index in [0.717, 1.165) is 25.7 Å². The Balaban J connectivity index is 2.45. The van der Waals surface area contributed by atoms with Crippen molar-refractivity contribution >= 4 is 5.97 Å². The third-order valence-corrected chi connectivity index (χ3v) is 2.39. The molecule has 0 aromatic rings. The summed E-state index contributed by atoms with van der Waals surface area (Å²) >= 11 is 0. The van der Waals surface area contributed by atoms with Crippen molar-refractivity contribution < 1.29 is 11.3 Å². The first-order valence-corrected chi connectivity index (χ1v) is 4.52. The van der Waals surface area contributed by atoms with E-state index in [9.17, 15) is 4.79 Å². The average molecular weight is 172 g/mol. The molecule has 3 heteroatoms. The third kappa shape index (κ3) is 2.81. The Morgan fingerprint density at radius 1 is 1.58 bits per heavy atom. The number of nitrogens with two attached hydrogens (primary N) is 1. The molecule has 0 amide bonds. The van der Waals surface area contributed by atoms with E-state index in [4.69, 9.17) is 12.2 Å². The van der Waals surface area contributed by atoms with E-state index in [2.05, 4.69) is 0 Å². The zero-order valence-electron chi connectivity index (χ0n) is 8.25. The van der Waals surface area contributed by atoms with Crippen molar-refractivity contribution in [1.29, 1.82) is 0 Å². The predicted molar refractivity (Wildman–Crippen MR) is 46.8 cm³/mol. The summed E-state index contributed by atoms with van der Waals surface area (Å²) in [5.74, 6) is -1.56. The van der Waals surface area contributed by atoms with Gasteiger partial charge in [-0.25, -0.2) is 0 Å². The van der Waals surface area contributed by atoms with Gasteiger partial charge in [0.25, 0.3) is 0 Å². The van der Waals surface area contributed by atoms with Crippen LogP contribution in [-0.4, -0.2) is 17.1 Å². The molecule has 0 unspecified atom stereocenters. The maximum Gasteiger partial charge on any atom is 0.320 e. The fourth-order valence-electron chi connectivity index (χ4n) is 1.65. The zero-order valence-corrected chi connectivity index (χ0v) is 7.25. The first-order valence-electron chi connectivity index (χ1n) is 5.02. The summed E-state index contributed by atoms with van der Waals surface area (Å²) in [5.41, 5.74) is 5.41. The second-order valence-corrected chi connectivity index (χ2v) is 3.46. The summed E-state index contributed by atoms with van der Waals surface area (Å²) in [4.78, 5) is 10.5. The Bertz CT molecular complexity index is 190. The maximum absolute atomic E-state index is 10.5. The lowest BCUT2D eigenvalue weighted by Crippen LogP contribution is -2.32. The molecule has 3 nitrogen and oxygen atoms in total. The molecule has 3 N–H and O–H groups in total. The largest absolute Gasteiger partial charge is 0.480 e. The molecule has 0 radical (unpaired) electrons. The van der Waals surface area contributed by atoms with E-state index >= 15 is 0 Å². The zero-order chi connectivity index (χ0) is 9.90. The van der Waals surface area contributed by atoms with Crippen LogP contribution in [-0.2, 0) is 4.79 Å². The molecular weight excluding hydrogens is 154 g/mol. The molecule has 1 atom stereocenters. The molecule has 0 aromatic heterocycles. The average Bonchev–Trinajstić information content (AvgIpc) is 2.04. The van der Waals surface area contributed by atoms with Crippen LogP contribution in [0.15, 0.2) is 0 Å². The van der Waals surface area contributed by atoms with Gasteiger partial charge in [-0.15, -0.1) is 0 Å². The lowest BCUT2D eigenvalue weighted by atomic mass is 9.85. The number of carboxylic acid groups (broad SMARTS) is 1. The van der Waals surface area contributed by atoms with Crippen LogP contribution in [0.25, 0.3) is 0 Å². The monoisotopic (exact) mass is 172 g/mol. The van der Waals surface area contributed by atoms with E-state index in [0.29, 0.717) is 6.42 Å². The van der Waals surface area contributed by atoms with E-state index in [1.54, 1.807) is 0 Å². The van der Waals surface area contributed by atoms with Gasteiger partial charge in [-0.3, -0.25) is 4.79 Å². The van der Waals surface area contributed by atoms with Gasteiger partial charge in [0.15, 0.2) is 0 Å². The van der Waals surface area contributed by atoms with Gasteiger partial charge in [-0.05, 0) is 12.3 Å². The summed E-state index contributed by atoms with van der Waals surface area (Å²) in [6, 6.07) is -0.865. The van der Waals surface area contributed by atoms with Crippen molar-refractivity contribution in [2.45, 2.75) is 44.6 Å². The number of rotatable bonds is 3.